The van der Waals surface area contributed by atoms with E-state index in [-0.39, 0.29) is 12.3 Å². The highest BCUT2D eigenvalue weighted by atomic mass is 32.1. The van der Waals surface area contributed by atoms with Crippen LogP contribution in [0.3, 0.4) is 0 Å². The Morgan fingerprint density at radius 1 is 1.35 bits per heavy atom. The molecule has 0 aliphatic heterocycles. The van der Waals surface area contributed by atoms with Gasteiger partial charge in [-0.05, 0) is 12.5 Å². The largest absolute Gasteiger partial charge is 0.374 e. The van der Waals surface area contributed by atoms with Gasteiger partial charge in [0.15, 0.2) is 0 Å². The number of nitrogens with zero attached hydrogens (tertiary/aromatic N) is 3. The van der Waals surface area contributed by atoms with E-state index in [9.17, 15) is 4.79 Å². The van der Waals surface area contributed by atoms with Crippen LogP contribution in [0.1, 0.15) is 28.1 Å². The summed E-state index contributed by atoms with van der Waals surface area (Å²) in [4.78, 5) is 12.3. The Bertz CT molecular complexity index is 799. The lowest BCUT2D eigenvalue weighted by Crippen LogP contribution is -2.30. The molecule has 8 heteroatoms. The van der Waals surface area contributed by atoms with Gasteiger partial charge in [0, 0.05) is 6.07 Å². The number of aryl methyl sites for hydroxylation is 1. The number of hydrogen-bond acceptors (Lipinski definition) is 7. The lowest BCUT2D eigenvalue weighted by Gasteiger charge is -2.16. The highest BCUT2D eigenvalue weighted by Gasteiger charge is 2.21. The van der Waals surface area contributed by atoms with Gasteiger partial charge in [0.1, 0.15) is 16.8 Å². The molecule has 0 fully saturated rings. The van der Waals surface area contributed by atoms with Crippen LogP contribution in [0.2, 0.25) is 0 Å². The molecule has 3 aromatic rings. The maximum atomic E-state index is 12.3. The Kier molecular flexibility index (Phi) is 4.33. The minimum Gasteiger partial charge on any atom is -0.374 e. The fraction of sp³-hybridized carbons (Fsp3) is 0.200. The van der Waals surface area contributed by atoms with Gasteiger partial charge in [-0.1, -0.05) is 46.8 Å². The molecule has 0 spiro atoms. The Morgan fingerprint density at radius 2 is 2.13 bits per heavy atom. The summed E-state index contributed by atoms with van der Waals surface area (Å²) in [7, 11) is 0. The van der Waals surface area contributed by atoms with Gasteiger partial charge in [0.2, 0.25) is 11.0 Å². The molecule has 1 amide bonds. The number of nitrogen functional groups attached to an aromatic ring is 1. The molecule has 0 unspecified atom stereocenters. The second kappa shape index (κ2) is 6.57. The Labute approximate surface area is 136 Å². The predicted octanol–water partition coefficient (Wildman–Crippen LogP) is 1.87. The van der Waals surface area contributed by atoms with E-state index in [0.717, 1.165) is 11.3 Å². The van der Waals surface area contributed by atoms with Crippen molar-refractivity contribution < 1.29 is 9.32 Å². The van der Waals surface area contributed by atoms with Crippen LogP contribution in [-0.4, -0.2) is 21.3 Å². The zero-order valence-corrected chi connectivity index (χ0v) is 13.2. The lowest BCUT2D eigenvalue weighted by atomic mass is 10.1. The SMILES string of the molecule is Cc1cc(CC(=O)N[C@@H](c2ccccc2)c2nnc(N)s2)on1. The number of aromatic nitrogens is 3. The van der Waals surface area contributed by atoms with E-state index in [4.69, 9.17) is 10.3 Å². The topological polar surface area (TPSA) is 107 Å². The molecule has 0 saturated carbocycles. The van der Waals surface area contributed by atoms with Gasteiger partial charge in [-0.3, -0.25) is 4.79 Å². The molecular weight excluding hydrogens is 314 g/mol. The van der Waals surface area contributed by atoms with Gasteiger partial charge in [-0.15, -0.1) is 10.2 Å². The van der Waals surface area contributed by atoms with Gasteiger partial charge < -0.3 is 15.6 Å². The number of benzene rings is 1. The molecular formula is C15H15N5O2S. The number of hydrogen-bond donors (Lipinski definition) is 2. The number of carbonyl (C=O) groups excluding carboxylic acids is 1. The molecule has 2 heterocycles. The van der Waals surface area contributed by atoms with Crippen LogP contribution in [0.4, 0.5) is 5.13 Å². The van der Waals surface area contributed by atoms with Crippen LogP contribution in [0.15, 0.2) is 40.9 Å². The number of carbonyl (C=O) groups is 1. The van der Waals surface area contributed by atoms with Crippen molar-refractivity contribution in [1.29, 1.82) is 0 Å². The molecule has 7 nitrogen and oxygen atoms in total. The molecule has 2 aromatic heterocycles. The summed E-state index contributed by atoms with van der Waals surface area (Å²) in [5.41, 5.74) is 7.31. The average Bonchev–Trinajstić information content (AvgIpc) is 3.14. The Hall–Kier alpha value is -2.74. The number of rotatable bonds is 5. The zero-order chi connectivity index (χ0) is 16.2. The summed E-state index contributed by atoms with van der Waals surface area (Å²) < 4.78 is 5.08. The molecule has 0 aliphatic carbocycles. The number of anilines is 1. The molecule has 3 rings (SSSR count). The van der Waals surface area contributed by atoms with Crippen LogP contribution in [-0.2, 0) is 11.2 Å². The fourth-order valence-electron chi connectivity index (χ4n) is 2.17. The Morgan fingerprint density at radius 3 is 2.74 bits per heavy atom. The fourth-order valence-corrected chi connectivity index (χ4v) is 2.86. The van der Waals surface area contributed by atoms with Gasteiger partial charge in [-0.2, -0.15) is 0 Å². The monoisotopic (exact) mass is 329 g/mol. The minimum atomic E-state index is -0.400. The normalized spacial score (nSPS) is 12.0. The predicted molar refractivity (Wildman–Crippen MR) is 85.7 cm³/mol. The summed E-state index contributed by atoms with van der Waals surface area (Å²) in [6.07, 6.45) is 0.110. The number of amides is 1. The average molecular weight is 329 g/mol. The highest BCUT2D eigenvalue weighted by Crippen LogP contribution is 2.26. The quantitative estimate of drug-likeness (QED) is 0.740. The van der Waals surface area contributed by atoms with E-state index >= 15 is 0 Å². The molecule has 0 bridgehead atoms. The van der Waals surface area contributed by atoms with Crippen molar-refractivity contribution in [2.75, 3.05) is 5.73 Å². The van der Waals surface area contributed by atoms with Gasteiger partial charge in [-0.25, -0.2) is 0 Å². The van der Waals surface area contributed by atoms with Crippen molar-refractivity contribution >= 4 is 22.4 Å². The summed E-state index contributed by atoms with van der Waals surface area (Å²) in [6, 6.07) is 10.9. The first-order chi connectivity index (χ1) is 11.1. The first kappa shape index (κ1) is 15.2. The molecule has 0 saturated heterocycles. The van der Waals surface area contributed by atoms with Crippen LogP contribution >= 0.6 is 11.3 Å². The van der Waals surface area contributed by atoms with Gasteiger partial charge in [0.05, 0.1) is 12.1 Å². The lowest BCUT2D eigenvalue weighted by molar-refractivity contribution is -0.121. The van der Waals surface area contributed by atoms with Crippen LogP contribution in [0, 0.1) is 6.92 Å². The maximum absolute atomic E-state index is 12.3. The van der Waals surface area contributed by atoms with Gasteiger partial charge in [0.25, 0.3) is 0 Å². The van der Waals surface area contributed by atoms with E-state index in [1.807, 2.05) is 37.3 Å². The smallest absolute Gasteiger partial charge is 0.228 e. The van der Waals surface area contributed by atoms with Crippen molar-refractivity contribution in [3.63, 3.8) is 0 Å². The molecule has 1 atom stereocenters. The summed E-state index contributed by atoms with van der Waals surface area (Å²) in [5.74, 6) is 0.326. The third-order valence-electron chi connectivity index (χ3n) is 3.15. The van der Waals surface area contributed by atoms with Gasteiger partial charge >= 0.3 is 0 Å². The first-order valence-corrected chi connectivity index (χ1v) is 7.79. The summed E-state index contributed by atoms with van der Waals surface area (Å²) in [6.45, 7) is 1.81. The van der Waals surface area contributed by atoms with Crippen molar-refractivity contribution in [3.05, 3.63) is 58.4 Å². The van der Waals surface area contributed by atoms with Crippen molar-refractivity contribution in [2.24, 2.45) is 0 Å². The second-order valence-corrected chi connectivity index (χ2v) is 6.04. The molecule has 1 aromatic carbocycles. The molecule has 3 N–H and O–H groups in total. The molecule has 0 radical (unpaired) electrons. The number of nitrogens with one attached hydrogen (secondary N) is 1. The maximum Gasteiger partial charge on any atom is 0.228 e. The van der Waals surface area contributed by atoms with E-state index < -0.39 is 6.04 Å². The van der Waals surface area contributed by atoms with Crippen molar-refractivity contribution in [3.8, 4) is 0 Å². The third-order valence-corrected chi connectivity index (χ3v) is 3.97. The molecule has 23 heavy (non-hydrogen) atoms. The van der Waals surface area contributed by atoms with E-state index in [0.29, 0.717) is 15.9 Å². The van der Waals surface area contributed by atoms with E-state index in [1.54, 1.807) is 6.07 Å². The second-order valence-electron chi connectivity index (χ2n) is 5.00. The Balaban J connectivity index is 1.80. The van der Waals surface area contributed by atoms with Crippen molar-refractivity contribution in [1.82, 2.24) is 20.7 Å². The minimum absolute atomic E-state index is 0.110. The standard InChI is InChI=1S/C15H15N5O2S/c1-9-7-11(22-20-9)8-12(21)17-13(10-5-3-2-4-6-10)14-18-19-15(16)23-14/h2-7,13H,8H2,1H3,(H2,16,19)(H,17,21)/t13-/m0/s1. The number of nitrogens with two attached hydrogens (primary N) is 1. The van der Waals surface area contributed by atoms with Crippen molar-refractivity contribution in [2.45, 2.75) is 19.4 Å². The van der Waals surface area contributed by atoms with Crippen LogP contribution in [0.5, 0.6) is 0 Å². The third kappa shape index (κ3) is 3.72. The first-order valence-electron chi connectivity index (χ1n) is 6.97. The highest BCUT2D eigenvalue weighted by molar-refractivity contribution is 7.15. The molecule has 0 aliphatic rings. The summed E-state index contributed by atoms with van der Waals surface area (Å²) in [5, 5.41) is 15.6. The molecule has 118 valence electrons. The summed E-state index contributed by atoms with van der Waals surface area (Å²) >= 11 is 1.25. The van der Waals surface area contributed by atoms with Crippen LogP contribution in [0.25, 0.3) is 0 Å². The van der Waals surface area contributed by atoms with E-state index in [1.165, 1.54) is 11.3 Å². The zero-order valence-electron chi connectivity index (χ0n) is 12.4. The van der Waals surface area contributed by atoms with E-state index in [2.05, 4.69) is 20.7 Å². The van der Waals surface area contributed by atoms with Crippen LogP contribution < -0.4 is 11.1 Å².